The average molecular weight is 297 g/mol. The zero-order valence-electron chi connectivity index (χ0n) is 9.98. The molecule has 5 heteroatoms. The van der Waals surface area contributed by atoms with Gasteiger partial charge in [-0.15, -0.1) is 0 Å². The number of rotatable bonds is 3. The molecule has 0 fully saturated rings. The van der Waals surface area contributed by atoms with Gasteiger partial charge in [-0.2, -0.15) is 0 Å². The van der Waals surface area contributed by atoms with Gasteiger partial charge in [-0.1, -0.05) is 35.3 Å². The number of aromatic carboxylic acids is 1. The van der Waals surface area contributed by atoms with Crippen LogP contribution in [0.3, 0.4) is 0 Å². The van der Waals surface area contributed by atoms with Gasteiger partial charge in [0, 0.05) is 0 Å². The zero-order chi connectivity index (χ0) is 14.0. The quantitative estimate of drug-likeness (QED) is 0.885. The molecule has 0 amide bonds. The molecule has 19 heavy (non-hydrogen) atoms. The maximum absolute atomic E-state index is 11.2. The van der Waals surface area contributed by atoms with Crippen LogP contribution in [-0.4, -0.2) is 11.1 Å². The minimum absolute atomic E-state index is 0.0826. The van der Waals surface area contributed by atoms with Crippen molar-refractivity contribution in [3.8, 4) is 11.5 Å². The van der Waals surface area contributed by atoms with E-state index < -0.39 is 5.97 Å². The highest BCUT2D eigenvalue weighted by atomic mass is 35.5. The van der Waals surface area contributed by atoms with Crippen LogP contribution in [-0.2, 0) is 0 Å². The van der Waals surface area contributed by atoms with Crippen molar-refractivity contribution in [3.63, 3.8) is 0 Å². The Hall–Kier alpha value is -1.71. The molecule has 0 saturated heterocycles. The molecule has 0 bridgehead atoms. The number of halogens is 2. The second-order valence-corrected chi connectivity index (χ2v) is 4.77. The molecule has 0 atom stereocenters. The lowest BCUT2D eigenvalue weighted by molar-refractivity contribution is 0.0694. The van der Waals surface area contributed by atoms with Gasteiger partial charge in [0.1, 0.15) is 17.1 Å². The molecule has 0 aliphatic heterocycles. The van der Waals surface area contributed by atoms with E-state index in [1.54, 1.807) is 18.2 Å². The average Bonchev–Trinajstić information content (AvgIpc) is 2.32. The Balaban J connectivity index is 2.44. The number of ether oxygens (including phenoxy) is 1. The predicted molar refractivity (Wildman–Crippen MR) is 74.7 cm³/mol. The smallest absolute Gasteiger partial charge is 0.341 e. The summed E-state index contributed by atoms with van der Waals surface area (Å²) in [5, 5.41) is 9.67. The summed E-state index contributed by atoms with van der Waals surface area (Å²) in [4.78, 5) is 11.2. The molecule has 1 N–H and O–H groups in total. The van der Waals surface area contributed by atoms with Crippen molar-refractivity contribution in [3.05, 3.63) is 57.6 Å². The first-order valence-corrected chi connectivity index (χ1v) is 6.20. The van der Waals surface area contributed by atoms with Crippen LogP contribution in [0.4, 0.5) is 0 Å². The summed E-state index contributed by atoms with van der Waals surface area (Å²) in [6, 6.07) is 9.89. The van der Waals surface area contributed by atoms with Gasteiger partial charge < -0.3 is 9.84 Å². The lowest BCUT2D eigenvalue weighted by Crippen LogP contribution is -2.01. The summed E-state index contributed by atoms with van der Waals surface area (Å²) in [5.41, 5.74) is 0.905. The van der Waals surface area contributed by atoms with E-state index >= 15 is 0 Å². The van der Waals surface area contributed by atoms with Crippen molar-refractivity contribution in [2.75, 3.05) is 0 Å². The van der Waals surface area contributed by atoms with Crippen LogP contribution in [0.2, 0.25) is 10.0 Å². The van der Waals surface area contributed by atoms with E-state index in [9.17, 15) is 4.79 Å². The SMILES string of the molecule is Cc1ccc(Oc2cccc(Cl)c2C(=O)O)c(Cl)c1. The normalized spacial score (nSPS) is 10.3. The molecular formula is C14H10Cl2O3. The fourth-order valence-electron chi connectivity index (χ4n) is 1.60. The maximum Gasteiger partial charge on any atom is 0.341 e. The summed E-state index contributed by atoms with van der Waals surface area (Å²) in [6.07, 6.45) is 0. The fourth-order valence-corrected chi connectivity index (χ4v) is 2.12. The number of aryl methyl sites for hydroxylation is 1. The molecule has 2 aromatic rings. The molecule has 0 unspecified atom stereocenters. The second-order valence-electron chi connectivity index (χ2n) is 3.95. The van der Waals surface area contributed by atoms with E-state index in [0.717, 1.165) is 5.56 Å². The number of carbonyl (C=O) groups is 1. The van der Waals surface area contributed by atoms with Crippen LogP contribution < -0.4 is 4.74 Å². The van der Waals surface area contributed by atoms with Crippen LogP contribution in [0.5, 0.6) is 11.5 Å². The molecule has 0 aromatic heterocycles. The molecule has 3 nitrogen and oxygen atoms in total. The number of hydrogen-bond donors (Lipinski definition) is 1. The Bertz CT molecular complexity index is 639. The Morgan fingerprint density at radius 3 is 2.47 bits per heavy atom. The Kier molecular flexibility index (Phi) is 3.98. The van der Waals surface area contributed by atoms with Gasteiger partial charge in [0.05, 0.1) is 10.0 Å². The highest BCUT2D eigenvalue weighted by Crippen LogP contribution is 2.34. The number of benzene rings is 2. The molecule has 0 saturated carbocycles. The Morgan fingerprint density at radius 2 is 1.84 bits per heavy atom. The molecule has 98 valence electrons. The summed E-state index contributed by atoms with van der Waals surface area (Å²) >= 11 is 11.9. The Morgan fingerprint density at radius 1 is 1.11 bits per heavy atom. The third-order valence-electron chi connectivity index (χ3n) is 2.50. The zero-order valence-corrected chi connectivity index (χ0v) is 11.5. The minimum atomic E-state index is -1.15. The monoisotopic (exact) mass is 296 g/mol. The van der Waals surface area contributed by atoms with Crippen molar-refractivity contribution in [1.82, 2.24) is 0 Å². The lowest BCUT2D eigenvalue weighted by atomic mass is 10.2. The van der Waals surface area contributed by atoms with Gasteiger partial charge in [-0.25, -0.2) is 4.79 Å². The number of carboxylic acids is 1. The van der Waals surface area contributed by atoms with Gasteiger partial charge in [0.25, 0.3) is 0 Å². The van der Waals surface area contributed by atoms with Gasteiger partial charge in [0.2, 0.25) is 0 Å². The predicted octanol–water partition coefficient (Wildman–Crippen LogP) is 4.79. The highest BCUT2D eigenvalue weighted by Gasteiger charge is 2.16. The van der Waals surface area contributed by atoms with Crippen molar-refractivity contribution in [2.45, 2.75) is 6.92 Å². The Labute approximate surface area is 120 Å². The standard InChI is InChI=1S/C14H10Cl2O3/c1-8-5-6-11(10(16)7-8)19-12-4-2-3-9(15)13(12)14(17)18/h2-7H,1H3,(H,17,18). The van der Waals surface area contributed by atoms with E-state index in [1.165, 1.54) is 12.1 Å². The largest absolute Gasteiger partial charge is 0.478 e. The number of carboxylic acid groups (broad SMARTS) is 1. The van der Waals surface area contributed by atoms with Gasteiger partial charge >= 0.3 is 5.97 Å². The molecule has 0 aliphatic carbocycles. The van der Waals surface area contributed by atoms with Crippen LogP contribution >= 0.6 is 23.2 Å². The molecule has 0 aliphatic rings. The molecule has 2 aromatic carbocycles. The highest BCUT2D eigenvalue weighted by molar-refractivity contribution is 6.34. The van der Waals surface area contributed by atoms with E-state index in [1.807, 2.05) is 13.0 Å². The topological polar surface area (TPSA) is 46.5 Å². The summed E-state index contributed by atoms with van der Waals surface area (Å²) in [7, 11) is 0. The molecular weight excluding hydrogens is 287 g/mol. The van der Waals surface area contributed by atoms with Crippen molar-refractivity contribution in [1.29, 1.82) is 0 Å². The van der Waals surface area contributed by atoms with Gasteiger partial charge in [-0.05, 0) is 36.8 Å². The summed E-state index contributed by atoms with van der Waals surface area (Å²) < 4.78 is 5.54. The van der Waals surface area contributed by atoms with E-state index in [0.29, 0.717) is 10.8 Å². The first-order valence-electron chi connectivity index (χ1n) is 5.45. The fraction of sp³-hybridized carbons (Fsp3) is 0.0714. The minimum Gasteiger partial charge on any atom is -0.478 e. The van der Waals surface area contributed by atoms with E-state index in [4.69, 9.17) is 33.0 Å². The first kappa shape index (κ1) is 13.7. The summed E-state index contributed by atoms with van der Waals surface area (Å²) in [6.45, 7) is 1.90. The molecule has 0 heterocycles. The lowest BCUT2D eigenvalue weighted by Gasteiger charge is -2.11. The third-order valence-corrected chi connectivity index (χ3v) is 3.11. The number of hydrogen-bond acceptors (Lipinski definition) is 2. The van der Waals surface area contributed by atoms with Crippen LogP contribution in [0.1, 0.15) is 15.9 Å². The first-order chi connectivity index (χ1) is 8.99. The second kappa shape index (κ2) is 5.51. The van der Waals surface area contributed by atoms with E-state index in [-0.39, 0.29) is 16.3 Å². The van der Waals surface area contributed by atoms with Gasteiger partial charge in [0.15, 0.2) is 0 Å². The van der Waals surface area contributed by atoms with E-state index in [2.05, 4.69) is 0 Å². The van der Waals surface area contributed by atoms with Crippen LogP contribution in [0.25, 0.3) is 0 Å². The summed E-state index contributed by atoms with van der Waals surface area (Å²) in [5.74, 6) is -0.605. The van der Waals surface area contributed by atoms with Crippen LogP contribution in [0.15, 0.2) is 36.4 Å². The molecule has 2 rings (SSSR count). The van der Waals surface area contributed by atoms with Crippen molar-refractivity contribution in [2.24, 2.45) is 0 Å². The van der Waals surface area contributed by atoms with Gasteiger partial charge in [-0.3, -0.25) is 0 Å². The van der Waals surface area contributed by atoms with Crippen LogP contribution in [0, 0.1) is 6.92 Å². The van der Waals surface area contributed by atoms with Crippen molar-refractivity contribution < 1.29 is 14.6 Å². The molecule has 0 radical (unpaired) electrons. The third kappa shape index (κ3) is 3.00. The molecule has 0 spiro atoms. The van der Waals surface area contributed by atoms with Crippen molar-refractivity contribution >= 4 is 29.2 Å². The maximum atomic E-state index is 11.2.